The molecule has 0 aliphatic carbocycles. The van der Waals surface area contributed by atoms with E-state index in [9.17, 15) is 12.8 Å². The average Bonchev–Trinajstić information content (AvgIpc) is 2.47. The van der Waals surface area contributed by atoms with Gasteiger partial charge in [-0.3, -0.25) is 0 Å². The molecule has 1 aromatic carbocycles. The fourth-order valence-corrected chi connectivity index (χ4v) is 4.25. The third-order valence-corrected chi connectivity index (χ3v) is 6.05. The van der Waals surface area contributed by atoms with E-state index in [0.717, 1.165) is 12.8 Å². The minimum atomic E-state index is -3.53. The lowest BCUT2D eigenvalue weighted by Crippen LogP contribution is -2.46. The molecule has 1 unspecified atom stereocenters. The molecule has 0 spiro atoms. The van der Waals surface area contributed by atoms with Gasteiger partial charge in [0.15, 0.2) is 0 Å². The van der Waals surface area contributed by atoms with E-state index in [1.807, 2.05) is 0 Å². The molecule has 4 nitrogen and oxygen atoms in total. The van der Waals surface area contributed by atoms with Gasteiger partial charge in [0.25, 0.3) is 10.2 Å². The van der Waals surface area contributed by atoms with Gasteiger partial charge < -0.3 is 0 Å². The zero-order valence-electron chi connectivity index (χ0n) is 12.0. The SMILES string of the molecule is CN(Cc1cccc(F)c1)S(=O)(=O)N1CCCC(CCl)C1. The Balaban J connectivity index is 2.07. The van der Waals surface area contributed by atoms with Crippen molar-refractivity contribution in [2.24, 2.45) is 5.92 Å². The van der Waals surface area contributed by atoms with Gasteiger partial charge in [-0.2, -0.15) is 17.0 Å². The summed E-state index contributed by atoms with van der Waals surface area (Å²) in [5.41, 5.74) is 0.631. The molecule has 118 valence electrons. The molecule has 1 aliphatic heterocycles. The minimum absolute atomic E-state index is 0.155. The first kappa shape index (κ1) is 16.7. The van der Waals surface area contributed by atoms with Gasteiger partial charge in [0.05, 0.1) is 0 Å². The van der Waals surface area contributed by atoms with Crippen LogP contribution in [0.4, 0.5) is 4.39 Å². The fraction of sp³-hybridized carbons (Fsp3) is 0.571. The summed E-state index contributed by atoms with van der Waals surface area (Å²) in [6.45, 7) is 1.13. The molecule has 7 heteroatoms. The van der Waals surface area contributed by atoms with Gasteiger partial charge in [0.2, 0.25) is 0 Å². The molecule has 1 heterocycles. The molecule has 0 bridgehead atoms. The summed E-state index contributed by atoms with van der Waals surface area (Å²) in [6.07, 6.45) is 1.79. The molecule has 0 amide bonds. The highest BCUT2D eigenvalue weighted by atomic mass is 35.5. The highest BCUT2D eigenvalue weighted by molar-refractivity contribution is 7.86. The van der Waals surface area contributed by atoms with Crippen molar-refractivity contribution in [1.82, 2.24) is 8.61 Å². The number of piperidine rings is 1. The molecule has 0 aromatic heterocycles. The predicted octanol–water partition coefficient (Wildman–Crippen LogP) is 2.45. The van der Waals surface area contributed by atoms with Gasteiger partial charge in [-0.15, -0.1) is 11.6 Å². The Hall–Kier alpha value is -0.690. The maximum absolute atomic E-state index is 13.2. The fourth-order valence-electron chi connectivity index (χ4n) is 2.53. The maximum Gasteiger partial charge on any atom is 0.282 e. The number of alkyl halides is 1. The lowest BCUT2D eigenvalue weighted by atomic mass is 10.0. The van der Waals surface area contributed by atoms with Crippen molar-refractivity contribution in [3.63, 3.8) is 0 Å². The van der Waals surface area contributed by atoms with Gasteiger partial charge in [-0.05, 0) is 36.5 Å². The van der Waals surface area contributed by atoms with Crippen LogP contribution < -0.4 is 0 Å². The summed E-state index contributed by atoms with van der Waals surface area (Å²) in [5.74, 6) is 0.316. The van der Waals surface area contributed by atoms with Gasteiger partial charge >= 0.3 is 0 Å². The van der Waals surface area contributed by atoms with E-state index < -0.39 is 10.2 Å². The molecular weight excluding hydrogens is 315 g/mol. The molecule has 1 aliphatic rings. The highest BCUT2D eigenvalue weighted by Crippen LogP contribution is 2.22. The van der Waals surface area contributed by atoms with E-state index in [-0.39, 0.29) is 18.3 Å². The molecule has 2 rings (SSSR count). The average molecular weight is 335 g/mol. The van der Waals surface area contributed by atoms with Crippen molar-refractivity contribution in [3.8, 4) is 0 Å². The van der Waals surface area contributed by atoms with Gasteiger partial charge in [0.1, 0.15) is 5.82 Å². The van der Waals surface area contributed by atoms with Gasteiger partial charge in [-0.1, -0.05) is 12.1 Å². The van der Waals surface area contributed by atoms with E-state index in [1.54, 1.807) is 12.1 Å². The van der Waals surface area contributed by atoms with E-state index in [1.165, 1.54) is 27.8 Å². The third-order valence-electron chi connectivity index (χ3n) is 3.71. The Morgan fingerprint density at radius 1 is 1.48 bits per heavy atom. The zero-order chi connectivity index (χ0) is 15.5. The molecule has 1 aromatic rings. The lowest BCUT2D eigenvalue weighted by Gasteiger charge is -2.33. The van der Waals surface area contributed by atoms with Crippen molar-refractivity contribution in [2.75, 3.05) is 26.0 Å². The van der Waals surface area contributed by atoms with Crippen molar-refractivity contribution < 1.29 is 12.8 Å². The van der Waals surface area contributed by atoms with Crippen LogP contribution in [0.25, 0.3) is 0 Å². The van der Waals surface area contributed by atoms with Crippen molar-refractivity contribution in [3.05, 3.63) is 35.6 Å². The van der Waals surface area contributed by atoms with Crippen LogP contribution in [0, 0.1) is 11.7 Å². The normalized spacial score (nSPS) is 20.9. The number of halogens is 2. The summed E-state index contributed by atoms with van der Waals surface area (Å²) in [6, 6.07) is 5.99. The Morgan fingerprint density at radius 3 is 2.90 bits per heavy atom. The van der Waals surface area contributed by atoms with Crippen LogP contribution in [0.2, 0.25) is 0 Å². The summed E-state index contributed by atoms with van der Waals surface area (Å²) >= 11 is 5.85. The third kappa shape index (κ3) is 4.16. The molecule has 1 saturated heterocycles. The first-order valence-corrected chi connectivity index (χ1v) is 8.88. The number of benzene rings is 1. The Kier molecular flexibility index (Phi) is 5.60. The van der Waals surface area contributed by atoms with Crippen LogP contribution in [-0.4, -0.2) is 43.0 Å². The molecule has 1 atom stereocenters. The Labute approximate surface area is 130 Å². The van der Waals surface area contributed by atoms with Gasteiger partial charge in [-0.25, -0.2) is 4.39 Å². The molecule has 0 radical (unpaired) electrons. The molecule has 0 N–H and O–H groups in total. The second-order valence-electron chi connectivity index (χ2n) is 5.41. The Bertz CT molecular complexity index is 582. The zero-order valence-corrected chi connectivity index (χ0v) is 13.6. The van der Waals surface area contributed by atoms with Crippen LogP contribution in [-0.2, 0) is 16.8 Å². The largest absolute Gasteiger partial charge is 0.282 e. The lowest BCUT2D eigenvalue weighted by molar-refractivity contribution is 0.265. The number of hydrogen-bond donors (Lipinski definition) is 0. The van der Waals surface area contributed by atoms with Gasteiger partial charge in [0, 0.05) is 32.6 Å². The molecule has 1 fully saturated rings. The van der Waals surface area contributed by atoms with E-state index in [0.29, 0.717) is 24.5 Å². The van der Waals surface area contributed by atoms with Crippen LogP contribution in [0.15, 0.2) is 24.3 Å². The van der Waals surface area contributed by atoms with Crippen LogP contribution in [0.1, 0.15) is 18.4 Å². The summed E-state index contributed by atoms with van der Waals surface area (Å²) < 4.78 is 41.0. The van der Waals surface area contributed by atoms with E-state index in [4.69, 9.17) is 11.6 Å². The van der Waals surface area contributed by atoms with Crippen LogP contribution >= 0.6 is 11.6 Å². The standard InChI is InChI=1S/C14H20ClFN2O2S/c1-17(10-12-4-2-6-14(16)8-12)21(19,20)18-7-3-5-13(9-15)11-18/h2,4,6,8,13H,3,5,7,9-11H2,1H3. The monoisotopic (exact) mass is 334 g/mol. The Morgan fingerprint density at radius 2 is 2.24 bits per heavy atom. The smallest absolute Gasteiger partial charge is 0.207 e. The number of nitrogens with zero attached hydrogens (tertiary/aromatic N) is 2. The second kappa shape index (κ2) is 7.05. The molecule has 21 heavy (non-hydrogen) atoms. The quantitative estimate of drug-likeness (QED) is 0.776. The van der Waals surface area contributed by atoms with Crippen molar-refractivity contribution in [2.45, 2.75) is 19.4 Å². The second-order valence-corrected chi connectivity index (χ2v) is 7.76. The molecule has 0 saturated carbocycles. The van der Waals surface area contributed by atoms with E-state index in [2.05, 4.69) is 0 Å². The number of rotatable bonds is 5. The van der Waals surface area contributed by atoms with E-state index >= 15 is 0 Å². The predicted molar refractivity (Wildman–Crippen MR) is 81.8 cm³/mol. The van der Waals surface area contributed by atoms with Crippen LogP contribution in [0.5, 0.6) is 0 Å². The van der Waals surface area contributed by atoms with Crippen LogP contribution in [0.3, 0.4) is 0 Å². The number of hydrogen-bond acceptors (Lipinski definition) is 2. The first-order valence-electron chi connectivity index (χ1n) is 6.95. The summed E-state index contributed by atoms with van der Waals surface area (Å²) in [4.78, 5) is 0. The maximum atomic E-state index is 13.2. The first-order chi connectivity index (χ1) is 9.93. The van der Waals surface area contributed by atoms with Crippen molar-refractivity contribution >= 4 is 21.8 Å². The summed E-state index contributed by atoms with van der Waals surface area (Å²) in [5, 5.41) is 0. The highest BCUT2D eigenvalue weighted by Gasteiger charge is 2.31. The topological polar surface area (TPSA) is 40.6 Å². The van der Waals surface area contributed by atoms with Crippen molar-refractivity contribution in [1.29, 1.82) is 0 Å². The molecular formula is C14H20ClFN2O2S. The summed E-state index contributed by atoms with van der Waals surface area (Å²) in [7, 11) is -2.01. The minimum Gasteiger partial charge on any atom is -0.207 e.